The van der Waals surface area contributed by atoms with Gasteiger partial charge in [-0.15, -0.1) is 0 Å². The highest BCUT2D eigenvalue weighted by molar-refractivity contribution is 5.20. The van der Waals surface area contributed by atoms with Gasteiger partial charge in [0.25, 0.3) is 0 Å². The molecule has 1 aromatic carbocycles. The van der Waals surface area contributed by atoms with E-state index in [1.54, 1.807) is 0 Å². The fraction of sp³-hybridized carbons (Fsp3) is 0.571. The van der Waals surface area contributed by atoms with Gasteiger partial charge in [-0.2, -0.15) is 0 Å². The molecule has 1 N–H and O–H groups in total. The quantitative estimate of drug-likeness (QED) is 0.850. The van der Waals surface area contributed by atoms with Crippen LogP contribution >= 0.6 is 0 Å². The summed E-state index contributed by atoms with van der Waals surface area (Å²) in [5.74, 6) is -1.18. The third-order valence-electron chi connectivity index (χ3n) is 2.87. The molecule has 0 aromatic heterocycles. The van der Waals surface area contributed by atoms with Gasteiger partial charge in [0.1, 0.15) is 11.6 Å². The van der Waals surface area contributed by atoms with Crippen molar-refractivity contribution in [3.8, 4) is 0 Å². The Hall–Kier alpha value is -1.00. The fourth-order valence-electron chi connectivity index (χ4n) is 1.99. The lowest BCUT2D eigenvalue weighted by Crippen LogP contribution is -2.35. The van der Waals surface area contributed by atoms with Crippen LogP contribution in [0.3, 0.4) is 0 Å². The maximum atomic E-state index is 13.5. The minimum Gasteiger partial charge on any atom is -0.390 e. The highest BCUT2D eigenvalue weighted by Crippen LogP contribution is 2.19. The Bertz CT molecular complexity index is 360. The van der Waals surface area contributed by atoms with Gasteiger partial charge < -0.3 is 9.84 Å². The van der Waals surface area contributed by atoms with Gasteiger partial charge >= 0.3 is 0 Å². The van der Waals surface area contributed by atoms with Gasteiger partial charge in [-0.1, -0.05) is 19.9 Å². The molecule has 2 unspecified atom stereocenters. The van der Waals surface area contributed by atoms with Gasteiger partial charge in [0.15, 0.2) is 0 Å². The van der Waals surface area contributed by atoms with Crippen LogP contribution in [0.2, 0.25) is 0 Å². The Morgan fingerprint density at radius 1 is 1.22 bits per heavy atom. The molecule has 0 aliphatic rings. The van der Waals surface area contributed by atoms with Crippen LogP contribution in [0.25, 0.3) is 0 Å². The standard InChI is InChI=1S/C14H20F2O2/c1-4-18-14(9(2)3)13(17)8-10-11(15)6-5-7-12(10)16/h5-7,9,13-14,17H,4,8H2,1-3H3. The number of rotatable bonds is 6. The monoisotopic (exact) mass is 258 g/mol. The van der Waals surface area contributed by atoms with Crippen LogP contribution in [0.15, 0.2) is 18.2 Å². The van der Waals surface area contributed by atoms with E-state index < -0.39 is 23.8 Å². The van der Waals surface area contributed by atoms with Crippen molar-refractivity contribution in [2.24, 2.45) is 5.92 Å². The van der Waals surface area contributed by atoms with E-state index in [0.717, 1.165) is 0 Å². The average Bonchev–Trinajstić information content (AvgIpc) is 2.30. The molecule has 1 rings (SSSR count). The largest absolute Gasteiger partial charge is 0.390 e. The van der Waals surface area contributed by atoms with Crippen molar-refractivity contribution in [2.75, 3.05) is 6.61 Å². The first-order valence-electron chi connectivity index (χ1n) is 6.19. The minimum absolute atomic E-state index is 0.0785. The summed E-state index contributed by atoms with van der Waals surface area (Å²) in [6.45, 7) is 6.09. The second kappa shape index (κ2) is 6.81. The van der Waals surface area contributed by atoms with Crippen LogP contribution in [-0.2, 0) is 11.2 Å². The van der Waals surface area contributed by atoms with Gasteiger partial charge in [-0.25, -0.2) is 8.78 Å². The molecule has 18 heavy (non-hydrogen) atoms. The van der Waals surface area contributed by atoms with Crippen LogP contribution in [0.4, 0.5) is 8.78 Å². The molecule has 0 aliphatic heterocycles. The number of aliphatic hydroxyl groups excluding tert-OH is 1. The predicted molar refractivity (Wildman–Crippen MR) is 66.3 cm³/mol. The number of hydrogen-bond acceptors (Lipinski definition) is 2. The van der Waals surface area contributed by atoms with Crippen molar-refractivity contribution in [1.82, 2.24) is 0 Å². The van der Waals surface area contributed by atoms with Gasteiger partial charge in [0.2, 0.25) is 0 Å². The zero-order chi connectivity index (χ0) is 13.7. The Labute approximate surface area is 107 Å². The van der Waals surface area contributed by atoms with Gasteiger partial charge in [0.05, 0.1) is 12.2 Å². The lowest BCUT2D eigenvalue weighted by Gasteiger charge is -2.26. The highest BCUT2D eigenvalue weighted by Gasteiger charge is 2.25. The molecule has 4 heteroatoms. The topological polar surface area (TPSA) is 29.5 Å². The van der Waals surface area contributed by atoms with Crippen molar-refractivity contribution in [3.63, 3.8) is 0 Å². The van der Waals surface area contributed by atoms with E-state index in [0.29, 0.717) is 6.61 Å². The SMILES string of the molecule is CCOC(C(C)C)C(O)Cc1c(F)cccc1F. The summed E-state index contributed by atoms with van der Waals surface area (Å²) in [4.78, 5) is 0. The first-order chi connectivity index (χ1) is 8.47. The third kappa shape index (κ3) is 3.75. The lowest BCUT2D eigenvalue weighted by atomic mass is 9.95. The van der Waals surface area contributed by atoms with E-state index >= 15 is 0 Å². The van der Waals surface area contributed by atoms with Crippen molar-refractivity contribution in [2.45, 2.75) is 39.4 Å². The van der Waals surface area contributed by atoms with Gasteiger partial charge in [-0.05, 0) is 25.0 Å². The van der Waals surface area contributed by atoms with E-state index in [4.69, 9.17) is 4.74 Å². The van der Waals surface area contributed by atoms with Crippen LogP contribution in [-0.4, -0.2) is 23.9 Å². The molecule has 102 valence electrons. The molecule has 0 fully saturated rings. The molecule has 0 heterocycles. The van der Waals surface area contributed by atoms with Crippen LogP contribution in [0.1, 0.15) is 26.3 Å². The highest BCUT2D eigenvalue weighted by atomic mass is 19.1. The summed E-state index contributed by atoms with van der Waals surface area (Å²) < 4.78 is 32.4. The van der Waals surface area contributed by atoms with Gasteiger partial charge in [0, 0.05) is 18.6 Å². The Balaban J connectivity index is 2.82. The van der Waals surface area contributed by atoms with Crippen molar-refractivity contribution in [1.29, 1.82) is 0 Å². The summed E-state index contributed by atoms with van der Waals surface area (Å²) in [5.41, 5.74) is -0.0876. The smallest absolute Gasteiger partial charge is 0.129 e. The lowest BCUT2D eigenvalue weighted by molar-refractivity contribution is -0.0567. The average molecular weight is 258 g/mol. The number of benzene rings is 1. The van der Waals surface area contributed by atoms with Crippen molar-refractivity contribution in [3.05, 3.63) is 35.4 Å². The van der Waals surface area contributed by atoms with Gasteiger partial charge in [-0.3, -0.25) is 0 Å². The molecular formula is C14H20F2O2. The van der Waals surface area contributed by atoms with E-state index in [2.05, 4.69) is 0 Å². The van der Waals surface area contributed by atoms with Crippen LogP contribution in [0, 0.1) is 17.6 Å². The summed E-state index contributed by atoms with van der Waals surface area (Å²) >= 11 is 0. The first kappa shape index (κ1) is 15.1. The van der Waals surface area contributed by atoms with E-state index in [1.807, 2.05) is 20.8 Å². The molecule has 0 radical (unpaired) electrons. The first-order valence-corrected chi connectivity index (χ1v) is 6.19. The molecule has 0 amide bonds. The molecule has 1 aromatic rings. The van der Waals surface area contributed by atoms with Crippen molar-refractivity contribution < 1.29 is 18.6 Å². The second-order valence-electron chi connectivity index (χ2n) is 4.64. The van der Waals surface area contributed by atoms with E-state index in [9.17, 15) is 13.9 Å². The second-order valence-corrected chi connectivity index (χ2v) is 4.64. The van der Waals surface area contributed by atoms with E-state index in [1.165, 1.54) is 18.2 Å². The Morgan fingerprint density at radius 3 is 2.22 bits per heavy atom. The molecular weight excluding hydrogens is 238 g/mol. The summed E-state index contributed by atoms with van der Waals surface area (Å²) in [7, 11) is 0. The molecule has 0 aliphatic carbocycles. The minimum atomic E-state index is -0.920. The predicted octanol–water partition coefficient (Wildman–Crippen LogP) is 2.93. The molecule has 0 bridgehead atoms. The number of hydrogen-bond donors (Lipinski definition) is 1. The molecule has 0 saturated heterocycles. The normalized spacial score (nSPS) is 14.8. The molecule has 2 atom stereocenters. The summed E-state index contributed by atoms with van der Waals surface area (Å²) in [5, 5.41) is 10.1. The number of aliphatic hydroxyl groups is 1. The van der Waals surface area contributed by atoms with Crippen molar-refractivity contribution >= 4 is 0 Å². The van der Waals surface area contributed by atoms with E-state index in [-0.39, 0.29) is 17.9 Å². The maximum Gasteiger partial charge on any atom is 0.129 e. The van der Waals surface area contributed by atoms with Crippen LogP contribution in [0.5, 0.6) is 0 Å². The third-order valence-corrected chi connectivity index (χ3v) is 2.87. The zero-order valence-electron chi connectivity index (χ0n) is 11.0. The van der Waals surface area contributed by atoms with Crippen LogP contribution < -0.4 is 0 Å². The Kier molecular flexibility index (Phi) is 5.69. The zero-order valence-corrected chi connectivity index (χ0v) is 11.0. The molecule has 2 nitrogen and oxygen atoms in total. The number of halogens is 2. The molecule has 0 spiro atoms. The Morgan fingerprint density at radius 2 is 1.78 bits per heavy atom. The molecule has 0 saturated carbocycles. The number of ether oxygens (including phenoxy) is 1. The summed E-state index contributed by atoms with van der Waals surface area (Å²) in [6.07, 6.45) is -1.42. The summed E-state index contributed by atoms with van der Waals surface area (Å²) in [6, 6.07) is 3.69. The fourth-order valence-corrected chi connectivity index (χ4v) is 1.99. The maximum absolute atomic E-state index is 13.5.